The number of aromatic nitrogens is 1. The van der Waals surface area contributed by atoms with E-state index in [0.717, 1.165) is 23.8 Å². The van der Waals surface area contributed by atoms with Gasteiger partial charge in [-0.2, -0.15) is 0 Å². The molecular formula is C10H14ClN3OS. The molecule has 1 atom stereocenters. The van der Waals surface area contributed by atoms with Crippen molar-refractivity contribution in [2.75, 3.05) is 19.6 Å². The SMILES string of the molecule is CC(c1nc(CCl)cs1)N1CCNC(=O)C1. The second kappa shape index (κ2) is 5.12. The maximum Gasteiger partial charge on any atom is 0.234 e. The van der Waals surface area contributed by atoms with Crippen molar-refractivity contribution in [3.63, 3.8) is 0 Å². The van der Waals surface area contributed by atoms with Crippen LogP contribution in [-0.4, -0.2) is 35.4 Å². The van der Waals surface area contributed by atoms with E-state index >= 15 is 0 Å². The molecule has 0 aliphatic carbocycles. The smallest absolute Gasteiger partial charge is 0.234 e. The molecule has 16 heavy (non-hydrogen) atoms. The minimum atomic E-state index is 0.0900. The highest BCUT2D eigenvalue weighted by atomic mass is 35.5. The average molecular weight is 260 g/mol. The van der Waals surface area contributed by atoms with Crippen LogP contribution in [0.15, 0.2) is 5.38 Å². The number of carbonyl (C=O) groups excluding carboxylic acids is 1. The number of halogens is 1. The number of nitrogens with zero attached hydrogens (tertiary/aromatic N) is 2. The van der Waals surface area contributed by atoms with Gasteiger partial charge in [0.15, 0.2) is 0 Å². The van der Waals surface area contributed by atoms with Gasteiger partial charge in [0.05, 0.1) is 24.2 Å². The number of rotatable bonds is 3. The lowest BCUT2D eigenvalue weighted by Crippen LogP contribution is -2.48. The lowest BCUT2D eigenvalue weighted by Gasteiger charge is -2.30. The van der Waals surface area contributed by atoms with Crippen molar-refractivity contribution in [3.8, 4) is 0 Å². The number of alkyl halides is 1. The first kappa shape index (κ1) is 11.8. The van der Waals surface area contributed by atoms with E-state index in [0.29, 0.717) is 12.4 Å². The summed E-state index contributed by atoms with van der Waals surface area (Å²) in [4.78, 5) is 17.9. The predicted molar refractivity (Wildman–Crippen MR) is 64.7 cm³/mol. The lowest BCUT2D eigenvalue weighted by atomic mass is 10.2. The molecule has 1 aliphatic rings. The van der Waals surface area contributed by atoms with E-state index < -0.39 is 0 Å². The number of carbonyl (C=O) groups is 1. The van der Waals surface area contributed by atoms with Crippen molar-refractivity contribution in [2.24, 2.45) is 0 Å². The molecule has 1 aromatic heterocycles. The Hall–Kier alpha value is -0.650. The van der Waals surface area contributed by atoms with Crippen molar-refractivity contribution in [3.05, 3.63) is 16.1 Å². The fraction of sp³-hybridized carbons (Fsp3) is 0.600. The van der Waals surface area contributed by atoms with Crippen molar-refractivity contribution >= 4 is 28.8 Å². The minimum Gasteiger partial charge on any atom is -0.354 e. The summed E-state index contributed by atoms with van der Waals surface area (Å²) in [6, 6.07) is 0.188. The molecule has 0 spiro atoms. The van der Waals surface area contributed by atoms with Gasteiger partial charge in [-0.1, -0.05) is 0 Å². The third-order valence-corrected chi connectivity index (χ3v) is 4.02. The Morgan fingerprint density at radius 2 is 2.56 bits per heavy atom. The van der Waals surface area contributed by atoms with Crippen LogP contribution in [0.25, 0.3) is 0 Å². The van der Waals surface area contributed by atoms with Crippen molar-refractivity contribution in [2.45, 2.75) is 18.8 Å². The Balaban J connectivity index is 2.05. The summed E-state index contributed by atoms with van der Waals surface area (Å²) >= 11 is 7.33. The summed E-state index contributed by atoms with van der Waals surface area (Å²) in [7, 11) is 0. The normalized spacial score (nSPS) is 19.5. The van der Waals surface area contributed by atoms with E-state index in [-0.39, 0.29) is 11.9 Å². The molecule has 88 valence electrons. The molecule has 1 saturated heterocycles. The van der Waals surface area contributed by atoms with Crippen molar-refractivity contribution < 1.29 is 4.79 Å². The first-order chi connectivity index (χ1) is 7.70. The van der Waals surface area contributed by atoms with Crippen LogP contribution < -0.4 is 5.32 Å². The average Bonchev–Trinajstić information content (AvgIpc) is 2.76. The highest BCUT2D eigenvalue weighted by Crippen LogP contribution is 2.24. The third-order valence-electron chi connectivity index (χ3n) is 2.68. The van der Waals surface area contributed by atoms with Gasteiger partial charge in [-0.25, -0.2) is 4.98 Å². The van der Waals surface area contributed by atoms with Gasteiger partial charge >= 0.3 is 0 Å². The second-order valence-corrected chi connectivity index (χ2v) is 4.96. The number of thiazole rings is 1. The largest absolute Gasteiger partial charge is 0.354 e. The van der Waals surface area contributed by atoms with Crippen LogP contribution in [0.4, 0.5) is 0 Å². The molecule has 4 nitrogen and oxygen atoms in total. The lowest BCUT2D eigenvalue weighted by molar-refractivity contribution is -0.124. The van der Waals surface area contributed by atoms with E-state index in [2.05, 4.69) is 22.1 Å². The van der Waals surface area contributed by atoms with Crippen LogP contribution in [0.2, 0.25) is 0 Å². The Morgan fingerprint density at radius 1 is 1.75 bits per heavy atom. The Bertz CT molecular complexity index is 382. The van der Waals surface area contributed by atoms with Crippen LogP contribution in [0.1, 0.15) is 23.7 Å². The number of amides is 1. The van der Waals surface area contributed by atoms with Crippen LogP contribution in [0, 0.1) is 0 Å². The van der Waals surface area contributed by atoms with Crippen molar-refractivity contribution in [1.82, 2.24) is 15.2 Å². The van der Waals surface area contributed by atoms with Crippen LogP contribution in [0.5, 0.6) is 0 Å². The van der Waals surface area contributed by atoms with Gasteiger partial charge in [-0.15, -0.1) is 22.9 Å². The molecule has 1 fully saturated rings. The number of hydrogen-bond donors (Lipinski definition) is 1. The molecule has 0 saturated carbocycles. The summed E-state index contributed by atoms with van der Waals surface area (Å²) in [6.07, 6.45) is 0. The van der Waals surface area contributed by atoms with Gasteiger partial charge < -0.3 is 5.32 Å². The van der Waals surface area contributed by atoms with E-state index in [4.69, 9.17) is 11.6 Å². The molecule has 1 aromatic rings. The molecule has 1 N–H and O–H groups in total. The number of hydrogen-bond acceptors (Lipinski definition) is 4. The zero-order valence-corrected chi connectivity index (χ0v) is 10.6. The van der Waals surface area contributed by atoms with Gasteiger partial charge in [0, 0.05) is 18.5 Å². The molecule has 2 rings (SSSR count). The molecule has 6 heteroatoms. The Labute approximate surface area is 104 Å². The van der Waals surface area contributed by atoms with Gasteiger partial charge in [0.1, 0.15) is 5.01 Å². The van der Waals surface area contributed by atoms with Gasteiger partial charge in [-0.05, 0) is 6.92 Å². The van der Waals surface area contributed by atoms with Crippen LogP contribution >= 0.6 is 22.9 Å². The molecule has 0 bridgehead atoms. The summed E-state index contributed by atoms with van der Waals surface area (Å²) in [5, 5.41) is 5.82. The van der Waals surface area contributed by atoms with Gasteiger partial charge in [0.25, 0.3) is 0 Å². The Kier molecular flexibility index (Phi) is 3.78. The minimum absolute atomic E-state index is 0.0900. The molecular weight excluding hydrogens is 246 g/mol. The topological polar surface area (TPSA) is 45.2 Å². The fourth-order valence-corrected chi connectivity index (χ4v) is 2.86. The van der Waals surface area contributed by atoms with E-state index in [9.17, 15) is 4.79 Å². The number of nitrogens with one attached hydrogen (secondary N) is 1. The Morgan fingerprint density at radius 3 is 3.19 bits per heavy atom. The zero-order valence-electron chi connectivity index (χ0n) is 9.07. The summed E-state index contributed by atoms with van der Waals surface area (Å²) in [5.74, 6) is 0.538. The van der Waals surface area contributed by atoms with Crippen LogP contribution in [0.3, 0.4) is 0 Å². The highest BCUT2D eigenvalue weighted by Gasteiger charge is 2.23. The molecule has 1 amide bonds. The standard InChI is InChI=1S/C10H14ClN3OS/c1-7(10-13-8(4-11)6-16-10)14-3-2-12-9(15)5-14/h6-7H,2-5H2,1H3,(H,12,15). The van der Waals surface area contributed by atoms with E-state index in [1.807, 2.05) is 5.38 Å². The maximum atomic E-state index is 11.3. The maximum absolute atomic E-state index is 11.3. The quantitative estimate of drug-likeness (QED) is 0.834. The number of piperazine rings is 1. The first-order valence-corrected chi connectivity index (χ1v) is 6.63. The predicted octanol–water partition coefficient (Wildman–Crippen LogP) is 1.37. The fourth-order valence-electron chi connectivity index (χ4n) is 1.72. The molecule has 0 radical (unpaired) electrons. The molecule has 1 unspecified atom stereocenters. The first-order valence-electron chi connectivity index (χ1n) is 5.21. The zero-order chi connectivity index (χ0) is 11.5. The van der Waals surface area contributed by atoms with Crippen molar-refractivity contribution in [1.29, 1.82) is 0 Å². The van der Waals surface area contributed by atoms with Gasteiger partial charge in [0.2, 0.25) is 5.91 Å². The highest BCUT2D eigenvalue weighted by molar-refractivity contribution is 7.09. The van der Waals surface area contributed by atoms with Gasteiger partial charge in [-0.3, -0.25) is 9.69 Å². The second-order valence-electron chi connectivity index (χ2n) is 3.81. The van der Waals surface area contributed by atoms with Crippen LogP contribution in [-0.2, 0) is 10.7 Å². The molecule has 1 aliphatic heterocycles. The van der Waals surface area contributed by atoms with E-state index in [1.165, 1.54) is 0 Å². The summed E-state index contributed by atoms with van der Waals surface area (Å²) in [5.41, 5.74) is 0.912. The molecule has 0 aromatic carbocycles. The molecule has 2 heterocycles. The third kappa shape index (κ3) is 2.53. The summed E-state index contributed by atoms with van der Waals surface area (Å²) < 4.78 is 0. The summed E-state index contributed by atoms with van der Waals surface area (Å²) in [6.45, 7) is 4.13. The monoisotopic (exact) mass is 259 g/mol. The van der Waals surface area contributed by atoms with E-state index in [1.54, 1.807) is 11.3 Å².